The van der Waals surface area contributed by atoms with Crippen LogP contribution in [0, 0.1) is 5.82 Å². The van der Waals surface area contributed by atoms with E-state index in [-0.39, 0.29) is 23.2 Å². The van der Waals surface area contributed by atoms with E-state index in [9.17, 15) is 14.0 Å². The predicted molar refractivity (Wildman–Crippen MR) is 111 cm³/mol. The van der Waals surface area contributed by atoms with E-state index in [1.807, 2.05) is 11.8 Å². The van der Waals surface area contributed by atoms with Crippen molar-refractivity contribution < 1.29 is 4.39 Å². The number of pyridine rings is 1. The number of nitrogens with one attached hydrogen (secondary N) is 1. The van der Waals surface area contributed by atoms with Crippen molar-refractivity contribution in [2.45, 2.75) is 63.6 Å². The molecule has 2 aliphatic rings. The van der Waals surface area contributed by atoms with Gasteiger partial charge in [0.1, 0.15) is 11.5 Å². The zero-order chi connectivity index (χ0) is 19.7. The van der Waals surface area contributed by atoms with Gasteiger partial charge in [-0.1, -0.05) is 6.92 Å². The molecule has 1 saturated carbocycles. The molecule has 28 heavy (non-hydrogen) atoms. The van der Waals surface area contributed by atoms with Crippen molar-refractivity contribution in [3.63, 3.8) is 0 Å². The van der Waals surface area contributed by atoms with Crippen molar-refractivity contribution in [3.05, 3.63) is 38.9 Å². The lowest BCUT2D eigenvalue weighted by Gasteiger charge is -2.31. The number of halogens is 1. The molecule has 1 saturated heterocycles. The fraction of sp³-hybridized carbons (Fsp3) is 0.650. The molecule has 2 aromatic heterocycles. The molecule has 4 rings (SSSR count). The Bertz CT molecular complexity index is 959. The first kappa shape index (κ1) is 19.6. The smallest absolute Gasteiger partial charge is 0.314 e. The van der Waals surface area contributed by atoms with E-state index in [0.717, 1.165) is 62.8 Å². The maximum absolute atomic E-state index is 13.9. The largest absolute Gasteiger partial charge is 0.333 e. The Hall–Kier alpha value is -1.67. The molecule has 1 aliphatic carbocycles. The lowest BCUT2D eigenvalue weighted by molar-refractivity contribution is 0.277. The summed E-state index contributed by atoms with van der Waals surface area (Å²) in [6.07, 6.45) is 6.26. The van der Waals surface area contributed by atoms with Crippen molar-refractivity contribution in [2.24, 2.45) is 0 Å². The highest BCUT2D eigenvalue weighted by Gasteiger charge is 2.28. The van der Waals surface area contributed by atoms with Crippen molar-refractivity contribution >= 4 is 22.8 Å². The first-order valence-electron chi connectivity index (χ1n) is 10.2. The average molecular weight is 407 g/mol. The summed E-state index contributed by atoms with van der Waals surface area (Å²) in [6.45, 7) is 3.01. The van der Waals surface area contributed by atoms with Crippen LogP contribution in [0.5, 0.6) is 0 Å². The van der Waals surface area contributed by atoms with Crippen LogP contribution in [0.15, 0.2) is 21.9 Å². The molecule has 0 aromatic carbocycles. The minimum Gasteiger partial charge on any atom is -0.314 e. The van der Waals surface area contributed by atoms with Gasteiger partial charge in [0.2, 0.25) is 0 Å². The molecule has 6 nitrogen and oxygen atoms in total. The number of hydrogen-bond donors (Lipinski definition) is 1. The van der Waals surface area contributed by atoms with Crippen LogP contribution in [0.3, 0.4) is 0 Å². The van der Waals surface area contributed by atoms with Gasteiger partial charge in [0.05, 0.1) is 11.6 Å². The summed E-state index contributed by atoms with van der Waals surface area (Å²) in [5.41, 5.74) is -0.355. The molecule has 2 aromatic rings. The predicted octanol–water partition coefficient (Wildman–Crippen LogP) is 2.86. The molecule has 3 heterocycles. The van der Waals surface area contributed by atoms with Gasteiger partial charge in [0, 0.05) is 18.1 Å². The summed E-state index contributed by atoms with van der Waals surface area (Å²) in [4.78, 5) is 30.8. The van der Waals surface area contributed by atoms with Crippen LogP contribution in [0.25, 0.3) is 11.0 Å². The molecule has 152 valence electrons. The topological polar surface area (TPSA) is 68.9 Å². The van der Waals surface area contributed by atoms with E-state index in [1.54, 1.807) is 4.57 Å². The highest BCUT2D eigenvalue weighted by molar-refractivity contribution is 7.99. The van der Waals surface area contributed by atoms with Crippen LogP contribution in [-0.4, -0.2) is 38.2 Å². The van der Waals surface area contributed by atoms with Crippen LogP contribution in [0.4, 0.5) is 4.39 Å². The van der Waals surface area contributed by atoms with E-state index in [2.05, 4.69) is 17.2 Å². The molecule has 0 amide bonds. The van der Waals surface area contributed by atoms with E-state index < -0.39 is 11.4 Å². The Kier molecular flexibility index (Phi) is 5.87. The van der Waals surface area contributed by atoms with Gasteiger partial charge in [-0.05, 0) is 62.6 Å². The Balaban J connectivity index is 1.82. The summed E-state index contributed by atoms with van der Waals surface area (Å²) in [5, 5.41) is 3.67. The third-order valence-corrected chi connectivity index (χ3v) is 7.08. The van der Waals surface area contributed by atoms with Crippen molar-refractivity contribution in [1.29, 1.82) is 0 Å². The Morgan fingerprint density at radius 3 is 2.46 bits per heavy atom. The van der Waals surface area contributed by atoms with Gasteiger partial charge in [0.15, 0.2) is 0 Å². The fourth-order valence-corrected chi connectivity index (χ4v) is 5.71. The van der Waals surface area contributed by atoms with E-state index in [0.29, 0.717) is 11.7 Å². The maximum Gasteiger partial charge on any atom is 0.333 e. The Morgan fingerprint density at radius 1 is 1.11 bits per heavy atom. The fourth-order valence-electron chi connectivity index (χ4n) is 4.63. The summed E-state index contributed by atoms with van der Waals surface area (Å²) in [6, 6.07) is 1.55. The Labute approximate surface area is 167 Å². The quantitative estimate of drug-likeness (QED) is 0.846. The minimum atomic E-state index is -0.545. The molecule has 0 unspecified atom stereocenters. The highest BCUT2D eigenvalue weighted by Crippen LogP contribution is 2.30. The first-order valence-corrected chi connectivity index (χ1v) is 11.4. The number of hydrogen-bond acceptors (Lipinski definition) is 5. The second kappa shape index (κ2) is 8.37. The zero-order valence-corrected chi connectivity index (χ0v) is 17.0. The van der Waals surface area contributed by atoms with Crippen molar-refractivity contribution in [2.75, 3.05) is 18.1 Å². The van der Waals surface area contributed by atoms with Crippen molar-refractivity contribution in [3.8, 4) is 0 Å². The van der Waals surface area contributed by atoms with E-state index >= 15 is 0 Å². The number of nitrogens with zero attached hydrogens (tertiary/aromatic N) is 3. The molecule has 0 atom stereocenters. The van der Waals surface area contributed by atoms with Crippen LogP contribution in [0.2, 0.25) is 0 Å². The van der Waals surface area contributed by atoms with Crippen LogP contribution >= 0.6 is 11.8 Å². The molecular formula is C20H27FN4O2S. The lowest BCUT2D eigenvalue weighted by Crippen LogP contribution is -2.46. The summed E-state index contributed by atoms with van der Waals surface area (Å²) in [7, 11) is 0. The number of thioether (sulfide) groups is 1. The third-order valence-electron chi connectivity index (χ3n) is 6.03. The molecule has 0 spiro atoms. The Morgan fingerprint density at radius 2 is 1.79 bits per heavy atom. The summed E-state index contributed by atoms with van der Waals surface area (Å²) >= 11 is 1.88. The van der Waals surface area contributed by atoms with E-state index in [1.165, 1.54) is 10.6 Å². The standard InChI is InChI=1S/C20H27FN4O2S/c1-2-22-14-3-5-15(6-4-14)25-19(26)17-11-13(21)12-23-18(17)24(20(25)27)16-7-9-28-10-8-16/h11-12,14-16,22H,2-10H2,1H3. The van der Waals surface area contributed by atoms with Gasteiger partial charge in [-0.3, -0.25) is 13.9 Å². The summed E-state index contributed by atoms with van der Waals surface area (Å²) in [5.74, 6) is 1.41. The van der Waals surface area contributed by atoms with Gasteiger partial charge in [0.25, 0.3) is 5.56 Å². The monoisotopic (exact) mass is 406 g/mol. The van der Waals surface area contributed by atoms with Gasteiger partial charge in [-0.2, -0.15) is 11.8 Å². The summed E-state index contributed by atoms with van der Waals surface area (Å²) < 4.78 is 17.0. The van der Waals surface area contributed by atoms with Crippen LogP contribution in [0.1, 0.15) is 57.5 Å². The first-order chi connectivity index (χ1) is 13.6. The van der Waals surface area contributed by atoms with E-state index in [4.69, 9.17) is 0 Å². The minimum absolute atomic E-state index is 0.0131. The molecule has 8 heteroatoms. The van der Waals surface area contributed by atoms with Gasteiger partial charge in [-0.25, -0.2) is 14.2 Å². The third kappa shape index (κ3) is 3.64. The zero-order valence-electron chi connectivity index (χ0n) is 16.2. The SMILES string of the molecule is CCNC1CCC(n2c(=O)c3cc(F)cnc3n(C3CCSCC3)c2=O)CC1. The van der Waals surface area contributed by atoms with Crippen LogP contribution in [-0.2, 0) is 0 Å². The molecule has 1 aliphatic heterocycles. The number of aromatic nitrogens is 3. The molecule has 0 radical (unpaired) electrons. The number of rotatable bonds is 4. The van der Waals surface area contributed by atoms with Crippen molar-refractivity contribution in [1.82, 2.24) is 19.4 Å². The molecule has 0 bridgehead atoms. The van der Waals surface area contributed by atoms with Gasteiger partial charge < -0.3 is 5.32 Å². The maximum atomic E-state index is 13.9. The van der Waals surface area contributed by atoms with Gasteiger partial charge >= 0.3 is 5.69 Å². The van der Waals surface area contributed by atoms with Crippen LogP contribution < -0.4 is 16.6 Å². The molecule has 1 N–H and O–H groups in total. The molecular weight excluding hydrogens is 379 g/mol. The highest BCUT2D eigenvalue weighted by atomic mass is 32.2. The second-order valence-corrected chi connectivity index (χ2v) is 8.98. The normalized spacial score (nSPS) is 23.9. The average Bonchev–Trinajstić information content (AvgIpc) is 2.71. The molecule has 2 fully saturated rings. The second-order valence-electron chi connectivity index (χ2n) is 7.76. The lowest BCUT2D eigenvalue weighted by atomic mass is 9.91. The number of fused-ring (bicyclic) bond motifs is 1. The van der Waals surface area contributed by atoms with Gasteiger partial charge in [-0.15, -0.1) is 0 Å².